The van der Waals surface area contributed by atoms with E-state index < -0.39 is 0 Å². The van der Waals surface area contributed by atoms with Gasteiger partial charge in [0, 0.05) is 6.61 Å². The summed E-state index contributed by atoms with van der Waals surface area (Å²) in [6, 6.07) is 4.15. The number of benzene rings is 1. The fourth-order valence-corrected chi connectivity index (χ4v) is 3.93. The van der Waals surface area contributed by atoms with Crippen LogP contribution in [0.5, 0.6) is 5.75 Å². The van der Waals surface area contributed by atoms with E-state index in [1.165, 1.54) is 18.4 Å². The van der Waals surface area contributed by atoms with E-state index in [9.17, 15) is 0 Å². The Morgan fingerprint density at radius 1 is 1.30 bits per heavy atom. The Bertz CT molecular complexity index is 411. The van der Waals surface area contributed by atoms with Gasteiger partial charge >= 0.3 is 0 Å². The maximum atomic E-state index is 5.88. The summed E-state index contributed by atoms with van der Waals surface area (Å²) in [6.07, 6.45) is 5.81. The number of nitrogens with two attached hydrogens (primary N) is 1. The van der Waals surface area contributed by atoms with Gasteiger partial charge in [-0.05, 0) is 88.2 Å². The lowest BCUT2D eigenvalue weighted by Crippen LogP contribution is -2.08. The lowest BCUT2D eigenvalue weighted by atomic mass is 10.1. The number of rotatable bonds is 7. The minimum atomic E-state index is 0.442. The normalized spacial score (nSPS) is 18.4. The number of hydrogen-bond acceptors (Lipinski definition) is 3. The van der Waals surface area contributed by atoms with Crippen LogP contribution in [-0.4, -0.2) is 25.9 Å². The molecule has 1 unspecified atom stereocenters. The van der Waals surface area contributed by atoms with E-state index in [4.69, 9.17) is 15.2 Å². The summed E-state index contributed by atoms with van der Waals surface area (Å²) in [5.74, 6) is 0.873. The molecule has 20 heavy (non-hydrogen) atoms. The SMILES string of the molecule is NCCc1cc(Br)c(OCCCC2CCCO2)c(Br)c1. The molecule has 1 atom stereocenters. The molecule has 2 N–H and O–H groups in total. The van der Waals surface area contributed by atoms with Gasteiger partial charge < -0.3 is 15.2 Å². The Labute approximate surface area is 137 Å². The third-order valence-electron chi connectivity index (χ3n) is 3.43. The summed E-state index contributed by atoms with van der Waals surface area (Å²) >= 11 is 7.13. The van der Waals surface area contributed by atoms with Crippen molar-refractivity contribution < 1.29 is 9.47 Å². The van der Waals surface area contributed by atoms with Gasteiger partial charge in [-0.15, -0.1) is 0 Å². The quantitative estimate of drug-likeness (QED) is 0.694. The molecular formula is C15H21Br2NO2. The van der Waals surface area contributed by atoms with Gasteiger partial charge in [0.25, 0.3) is 0 Å². The van der Waals surface area contributed by atoms with Crippen molar-refractivity contribution in [2.24, 2.45) is 5.73 Å². The van der Waals surface area contributed by atoms with Crippen molar-refractivity contribution in [3.05, 3.63) is 26.6 Å². The monoisotopic (exact) mass is 405 g/mol. The molecule has 2 rings (SSSR count). The minimum absolute atomic E-state index is 0.442. The molecule has 112 valence electrons. The molecule has 5 heteroatoms. The van der Waals surface area contributed by atoms with E-state index in [2.05, 4.69) is 44.0 Å². The summed E-state index contributed by atoms with van der Waals surface area (Å²) in [5, 5.41) is 0. The molecule has 1 saturated heterocycles. The zero-order chi connectivity index (χ0) is 14.4. The smallest absolute Gasteiger partial charge is 0.147 e. The van der Waals surface area contributed by atoms with E-state index >= 15 is 0 Å². The Balaban J connectivity index is 1.82. The van der Waals surface area contributed by atoms with Crippen molar-refractivity contribution >= 4 is 31.9 Å². The van der Waals surface area contributed by atoms with Crippen LogP contribution in [0.4, 0.5) is 0 Å². The highest BCUT2D eigenvalue weighted by Crippen LogP contribution is 2.35. The van der Waals surface area contributed by atoms with Crippen LogP contribution in [0.25, 0.3) is 0 Å². The third-order valence-corrected chi connectivity index (χ3v) is 4.61. The van der Waals surface area contributed by atoms with Crippen LogP contribution in [0.1, 0.15) is 31.2 Å². The van der Waals surface area contributed by atoms with Gasteiger partial charge in [0.15, 0.2) is 0 Å². The zero-order valence-corrected chi connectivity index (χ0v) is 14.7. The summed E-state index contributed by atoms with van der Waals surface area (Å²) in [5.41, 5.74) is 6.79. The molecule has 0 saturated carbocycles. The summed E-state index contributed by atoms with van der Waals surface area (Å²) < 4.78 is 13.4. The Morgan fingerprint density at radius 2 is 2.05 bits per heavy atom. The van der Waals surface area contributed by atoms with Gasteiger partial charge in [0.1, 0.15) is 5.75 Å². The van der Waals surface area contributed by atoms with Crippen molar-refractivity contribution in [3.63, 3.8) is 0 Å². The predicted octanol–water partition coefficient (Wildman–Crippen LogP) is 4.05. The van der Waals surface area contributed by atoms with Gasteiger partial charge in [-0.1, -0.05) is 0 Å². The van der Waals surface area contributed by atoms with Crippen molar-refractivity contribution in [1.82, 2.24) is 0 Å². The maximum Gasteiger partial charge on any atom is 0.147 e. The van der Waals surface area contributed by atoms with Crippen LogP contribution in [-0.2, 0) is 11.2 Å². The van der Waals surface area contributed by atoms with Crippen LogP contribution >= 0.6 is 31.9 Å². The van der Waals surface area contributed by atoms with Crippen LogP contribution in [0.2, 0.25) is 0 Å². The first-order valence-corrected chi connectivity index (χ1v) is 8.71. The molecule has 1 heterocycles. The maximum absolute atomic E-state index is 5.88. The van der Waals surface area contributed by atoms with Crippen LogP contribution < -0.4 is 10.5 Å². The fraction of sp³-hybridized carbons (Fsp3) is 0.600. The molecule has 1 fully saturated rings. The highest BCUT2D eigenvalue weighted by atomic mass is 79.9. The molecule has 0 bridgehead atoms. The van der Waals surface area contributed by atoms with Crippen LogP contribution in [0, 0.1) is 0 Å². The Morgan fingerprint density at radius 3 is 2.65 bits per heavy atom. The molecule has 3 nitrogen and oxygen atoms in total. The molecule has 0 aromatic heterocycles. The van der Waals surface area contributed by atoms with Crippen molar-refractivity contribution in [3.8, 4) is 5.75 Å². The van der Waals surface area contributed by atoms with Gasteiger partial charge in [-0.25, -0.2) is 0 Å². The van der Waals surface area contributed by atoms with E-state index in [1.54, 1.807) is 0 Å². The Hall–Kier alpha value is -0.100. The molecule has 1 aromatic rings. The third kappa shape index (κ3) is 4.72. The van der Waals surface area contributed by atoms with E-state index in [-0.39, 0.29) is 0 Å². The molecule has 0 amide bonds. The minimum Gasteiger partial charge on any atom is -0.491 e. The average molecular weight is 407 g/mol. The van der Waals surface area contributed by atoms with E-state index in [0.29, 0.717) is 19.3 Å². The molecule has 0 radical (unpaired) electrons. The van der Waals surface area contributed by atoms with Crippen LogP contribution in [0.3, 0.4) is 0 Å². The summed E-state index contributed by atoms with van der Waals surface area (Å²) in [7, 11) is 0. The molecule has 1 aliphatic heterocycles. The number of ether oxygens (including phenoxy) is 2. The first kappa shape index (κ1) is 16.3. The van der Waals surface area contributed by atoms with Crippen LogP contribution in [0.15, 0.2) is 21.1 Å². The van der Waals surface area contributed by atoms with Gasteiger partial charge in [-0.3, -0.25) is 0 Å². The summed E-state index contributed by atoms with van der Waals surface area (Å²) in [6.45, 7) is 2.29. The second-order valence-corrected chi connectivity index (χ2v) is 6.76. The largest absolute Gasteiger partial charge is 0.491 e. The van der Waals surface area contributed by atoms with Crippen molar-refractivity contribution in [2.75, 3.05) is 19.8 Å². The number of hydrogen-bond donors (Lipinski definition) is 1. The summed E-state index contributed by atoms with van der Waals surface area (Å²) in [4.78, 5) is 0. The van der Waals surface area contributed by atoms with Crippen molar-refractivity contribution in [2.45, 2.75) is 38.2 Å². The molecule has 1 aliphatic rings. The second-order valence-electron chi connectivity index (χ2n) is 5.05. The second kappa shape index (κ2) is 8.37. The lowest BCUT2D eigenvalue weighted by Gasteiger charge is -2.13. The standard InChI is InChI=1S/C15H21Br2NO2/c16-13-9-11(5-6-18)10-14(17)15(13)20-8-2-4-12-3-1-7-19-12/h9-10,12H,1-8,18H2. The highest BCUT2D eigenvalue weighted by Gasteiger charge is 2.15. The first-order valence-electron chi connectivity index (χ1n) is 7.13. The van der Waals surface area contributed by atoms with Crippen molar-refractivity contribution in [1.29, 1.82) is 0 Å². The first-order chi connectivity index (χ1) is 9.70. The predicted molar refractivity (Wildman–Crippen MR) is 88.3 cm³/mol. The molecular weight excluding hydrogens is 386 g/mol. The van der Waals surface area contributed by atoms with E-state index in [1.807, 2.05) is 0 Å². The lowest BCUT2D eigenvalue weighted by molar-refractivity contribution is 0.0980. The van der Waals surface area contributed by atoms with Gasteiger partial charge in [0.2, 0.25) is 0 Å². The van der Waals surface area contributed by atoms with Gasteiger partial charge in [-0.2, -0.15) is 0 Å². The Kier molecular flexibility index (Phi) is 6.81. The fourth-order valence-electron chi connectivity index (χ4n) is 2.42. The zero-order valence-electron chi connectivity index (χ0n) is 11.5. The van der Waals surface area contributed by atoms with Gasteiger partial charge in [0.05, 0.1) is 21.7 Å². The number of halogens is 2. The molecule has 1 aromatic carbocycles. The van der Waals surface area contributed by atoms with E-state index in [0.717, 1.165) is 40.6 Å². The highest BCUT2D eigenvalue weighted by molar-refractivity contribution is 9.11. The topological polar surface area (TPSA) is 44.5 Å². The molecule has 0 spiro atoms. The molecule has 0 aliphatic carbocycles. The average Bonchev–Trinajstić information content (AvgIpc) is 2.90.